The quantitative estimate of drug-likeness (QED) is 0.438. The molecule has 0 aliphatic carbocycles. The first-order valence-corrected chi connectivity index (χ1v) is 10.1. The Morgan fingerprint density at radius 1 is 1.00 bits per heavy atom. The Bertz CT molecular complexity index is 497. The van der Waals surface area contributed by atoms with Gasteiger partial charge >= 0.3 is 0 Å². The molecule has 0 aliphatic heterocycles. The van der Waals surface area contributed by atoms with Crippen LogP contribution in [-0.4, -0.2) is 92.5 Å². The SMILES string of the molecule is CCCC(=O)N(C)[C@H](COCCCN(C)C)C(=O)N(C)[C@@H](CC(C)C)C(N)=O. The maximum Gasteiger partial charge on any atom is 0.248 e. The van der Waals surface area contributed by atoms with Crippen LogP contribution in [0.2, 0.25) is 0 Å². The van der Waals surface area contributed by atoms with E-state index in [1.807, 2.05) is 34.9 Å². The molecule has 8 nitrogen and oxygen atoms in total. The standard InChI is InChI=1S/C20H40N4O4/c1-8-10-18(25)23(6)17(14-28-12-9-11-22(4)5)20(27)24(7)16(19(21)26)13-15(2)3/h15-17H,8-14H2,1-7H3,(H2,21,26)/t16-,17+/m0/s1. The molecule has 0 aromatic carbocycles. The first kappa shape index (κ1) is 26.3. The second kappa shape index (κ2) is 13.5. The molecule has 0 spiro atoms. The Balaban J connectivity index is 5.24. The Morgan fingerprint density at radius 3 is 2.07 bits per heavy atom. The monoisotopic (exact) mass is 400 g/mol. The highest BCUT2D eigenvalue weighted by molar-refractivity contribution is 5.91. The van der Waals surface area contributed by atoms with E-state index in [0.717, 1.165) is 13.0 Å². The van der Waals surface area contributed by atoms with Crippen LogP contribution in [0.25, 0.3) is 0 Å². The highest BCUT2D eigenvalue weighted by atomic mass is 16.5. The van der Waals surface area contributed by atoms with Crippen LogP contribution < -0.4 is 5.73 Å². The molecule has 3 amide bonds. The number of rotatable bonds is 14. The average Bonchev–Trinajstić information content (AvgIpc) is 2.60. The smallest absolute Gasteiger partial charge is 0.248 e. The molecule has 0 aliphatic rings. The summed E-state index contributed by atoms with van der Waals surface area (Å²) in [6.07, 6.45) is 2.35. The average molecular weight is 401 g/mol. The van der Waals surface area contributed by atoms with E-state index >= 15 is 0 Å². The Hall–Kier alpha value is -1.67. The van der Waals surface area contributed by atoms with Crippen LogP contribution in [0.1, 0.15) is 46.5 Å². The maximum atomic E-state index is 13.1. The first-order valence-electron chi connectivity index (χ1n) is 10.1. The van der Waals surface area contributed by atoms with Gasteiger partial charge in [0, 0.05) is 27.1 Å². The van der Waals surface area contributed by atoms with Crippen molar-refractivity contribution >= 4 is 17.7 Å². The van der Waals surface area contributed by atoms with Crippen molar-refractivity contribution in [3.05, 3.63) is 0 Å². The normalized spacial score (nSPS) is 13.5. The number of nitrogens with two attached hydrogens (primary N) is 1. The van der Waals surface area contributed by atoms with Crippen molar-refractivity contribution in [2.75, 3.05) is 47.9 Å². The van der Waals surface area contributed by atoms with Crippen molar-refractivity contribution < 1.29 is 19.1 Å². The number of nitrogens with zero attached hydrogens (tertiary/aromatic N) is 3. The summed E-state index contributed by atoms with van der Waals surface area (Å²) < 4.78 is 5.70. The molecule has 28 heavy (non-hydrogen) atoms. The minimum absolute atomic E-state index is 0.0930. The predicted molar refractivity (Wildman–Crippen MR) is 111 cm³/mol. The molecule has 0 bridgehead atoms. The molecule has 8 heteroatoms. The highest BCUT2D eigenvalue weighted by Gasteiger charge is 2.34. The van der Waals surface area contributed by atoms with Crippen LogP contribution in [-0.2, 0) is 19.1 Å². The maximum absolute atomic E-state index is 13.1. The van der Waals surface area contributed by atoms with Crippen molar-refractivity contribution in [3.63, 3.8) is 0 Å². The van der Waals surface area contributed by atoms with Gasteiger partial charge in [-0.15, -0.1) is 0 Å². The molecule has 0 heterocycles. The van der Waals surface area contributed by atoms with Gasteiger partial charge in [0.1, 0.15) is 12.1 Å². The van der Waals surface area contributed by atoms with Crippen molar-refractivity contribution in [1.82, 2.24) is 14.7 Å². The van der Waals surface area contributed by atoms with E-state index in [1.165, 1.54) is 9.80 Å². The summed E-state index contributed by atoms with van der Waals surface area (Å²) in [6, 6.07) is -1.49. The number of hydrogen-bond acceptors (Lipinski definition) is 5. The molecule has 0 radical (unpaired) electrons. The molecule has 2 N–H and O–H groups in total. The Kier molecular flexibility index (Phi) is 12.7. The molecule has 0 rings (SSSR count). The minimum Gasteiger partial charge on any atom is -0.379 e. The lowest BCUT2D eigenvalue weighted by Crippen LogP contribution is -2.55. The number of amides is 3. The second-order valence-corrected chi connectivity index (χ2v) is 8.00. The van der Waals surface area contributed by atoms with Crippen molar-refractivity contribution in [3.8, 4) is 0 Å². The van der Waals surface area contributed by atoms with Crippen molar-refractivity contribution in [2.45, 2.75) is 58.5 Å². The van der Waals surface area contributed by atoms with E-state index in [9.17, 15) is 14.4 Å². The minimum atomic E-state index is -0.780. The van der Waals surface area contributed by atoms with E-state index in [0.29, 0.717) is 25.9 Å². The summed E-state index contributed by atoms with van der Waals surface area (Å²) in [4.78, 5) is 42.2. The van der Waals surface area contributed by atoms with E-state index in [-0.39, 0.29) is 24.3 Å². The molecule has 2 atom stereocenters. The molecule has 164 valence electrons. The number of primary amides is 1. The molecule has 0 saturated carbocycles. The Morgan fingerprint density at radius 2 is 1.61 bits per heavy atom. The third-order valence-electron chi connectivity index (χ3n) is 4.62. The third-order valence-corrected chi connectivity index (χ3v) is 4.62. The summed E-state index contributed by atoms with van der Waals surface area (Å²) in [5.74, 6) is -0.791. The van der Waals surface area contributed by atoms with Crippen molar-refractivity contribution in [1.29, 1.82) is 0 Å². The molecule has 0 aromatic rings. The van der Waals surface area contributed by atoms with Crippen LogP contribution >= 0.6 is 0 Å². The zero-order chi connectivity index (χ0) is 21.9. The van der Waals surface area contributed by atoms with Gasteiger partial charge in [-0.25, -0.2) is 0 Å². The predicted octanol–water partition coefficient (Wildman–Crippen LogP) is 0.940. The molecular weight excluding hydrogens is 360 g/mol. The molecule has 0 unspecified atom stereocenters. The van der Waals surface area contributed by atoms with Crippen molar-refractivity contribution in [2.24, 2.45) is 11.7 Å². The fourth-order valence-corrected chi connectivity index (χ4v) is 2.89. The van der Waals surface area contributed by atoms with Gasteiger partial charge in [0.25, 0.3) is 0 Å². The molecular formula is C20H40N4O4. The van der Waals surface area contributed by atoms with Gasteiger partial charge in [-0.3, -0.25) is 14.4 Å². The molecule has 0 aromatic heterocycles. The largest absolute Gasteiger partial charge is 0.379 e. The van der Waals surface area contributed by atoms with Crippen LogP contribution in [0.5, 0.6) is 0 Å². The van der Waals surface area contributed by atoms with E-state index in [1.54, 1.807) is 14.1 Å². The number of likely N-dealkylation sites (N-methyl/N-ethyl adjacent to an activating group) is 2. The number of carbonyl (C=O) groups is 3. The van der Waals surface area contributed by atoms with E-state index in [4.69, 9.17) is 10.5 Å². The van der Waals surface area contributed by atoms with Crippen LogP contribution in [0.4, 0.5) is 0 Å². The zero-order valence-electron chi connectivity index (χ0n) is 18.7. The number of hydrogen-bond donors (Lipinski definition) is 1. The summed E-state index contributed by atoms with van der Waals surface area (Å²) in [7, 11) is 7.14. The zero-order valence-corrected chi connectivity index (χ0v) is 18.7. The summed E-state index contributed by atoms with van der Waals surface area (Å²) in [5, 5.41) is 0. The lowest BCUT2D eigenvalue weighted by atomic mass is 10.0. The Labute approximate surface area is 170 Å². The second-order valence-electron chi connectivity index (χ2n) is 8.00. The fraction of sp³-hybridized carbons (Fsp3) is 0.850. The number of ether oxygens (including phenoxy) is 1. The first-order chi connectivity index (χ1) is 13.0. The summed E-state index contributed by atoms with van der Waals surface area (Å²) >= 11 is 0. The van der Waals surface area contributed by atoms with Gasteiger partial charge in [0.2, 0.25) is 17.7 Å². The van der Waals surface area contributed by atoms with Crippen LogP contribution in [0, 0.1) is 5.92 Å². The van der Waals surface area contributed by atoms with E-state index in [2.05, 4.69) is 4.90 Å². The lowest BCUT2D eigenvalue weighted by molar-refractivity contribution is -0.149. The van der Waals surface area contributed by atoms with Gasteiger partial charge in [-0.1, -0.05) is 20.8 Å². The van der Waals surface area contributed by atoms with Gasteiger partial charge in [0.15, 0.2) is 0 Å². The summed E-state index contributed by atoms with van der Waals surface area (Å²) in [6.45, 7) is 7.31. The molecule has 0 fully saturated rings. The fourth-order valence-electron chi connectivity index (χ4n) is 2.89. The third kappa shape index (κ3) is 9.50. The highest BCUT2D eigenvalue weighted by Crippen LogP contribution is 2.14. The number of carbonyl (C=O) groups excluding carboxylic acids is 3. The van der Waals surface area contributed by atoms with Gasteiger partial charge in [0.05, 0.1) is 6.61 Å². The topological polar surface area (TPSA) is 96.2 Å². The lowest BCUT2D eigenvalue weighted by Gasteiger charge is -2.34. The van der Waals surface area contributed by atoms with Crippen LogP contribution in [0.3, 0.4) is 0 Å². The van der Waals surface area contributed by atoms with Gasteiger partial charge < -0.3 is 25.2 Å². The summed E-state index contributed by atoms with van der Waals surface area (Å²) in [5.41, 5.74) is 5.53. The van der Waals surface area contributed by atoms with Gasteiger partial charge in [-0.2, -0.15) is 0 Å². The molecule has 0 saturated heterocycles. The van der Waals surface area contributed by atoms with Gasteiger partial charge in [-0.05, 0) is 45.8 Å². The van der Waals surface area contributed by atoms with Crippen LogP contribution in [0.15, 0.2) is 0 Å². The van der Waals surface area contributed by atoms with E-state index < -0.39 is 18.0 Å².